The Morgan fingerprint density at radius 2 is 1.85 bits per heavy atom. The van der Waals surface area contributed by atoms with Gasteiger partial charge in [-0.15, -0.1) is 13.2 Å². The summed E-state index contributed by atoms with van der Waals surface area (Å²) in [4.78, 5) is 14.1. The molecule has 0 radical (unpaired) electrons. The van der Waals surface area contributed by atoms with E-state index in [-0.39, 0.29) is 17.9 Å². The van der Waals surface area contributed by atoms with Gasteiger partial charge in [0.25, 0.3) is 5.56 Å². The van der Waals surface area contributed by atoms with Crippen molar-refractivity contribution in [2.75, 3.05) is 0 Å². The lowest BCUT2D eigenvalue weighted by molar-refractivity contribution is -0.274. The molecule has 0 atom stereocenters. The third-order valence-corrected chi connectivity index (χ3v) is 2.54. The van der Waals surface area contributed by atoms with Crippen LogP contribution < -0.4 is 10.3 Å². The summed E-state index contributed by atoms with van der Waals surface area (Å²) in [5.74, 6) is -0.365. The van der Waals surface area contributed by atoms with E-state index in [1.54, 1.807) is 0 Å². The van der Waals surface area contributed by atoms with E-state index in [1.807, 2.05) is 0 Å². The molecule has 1 heterocycles. The number of aromatic amines is 1. The molecule has 106 valence electrons. The van der Waals surface area contributed by atoms with Gasteiger partial charge in [-0.1, -0.05) is 12.1 Å². The van der Waals surface area contributed by atoms with E-state index in [1.165, 1.54) is 24.4 Å². The maximum atomic E-state index is 12.0. The molecule has 2 N–H and O–H groups in total. The molecule has 0 aliphatic heterocycles. The highest BCUT2D eigenvalue weighted by atomic mass is 19.4. The highest BCUT2D eigenvalue weighted by Gasteiger charge is 2.30. The van der Waals surface area contributed by atoms with Crippen LogP contribution in [0.3, 0.4) is 0 Å². The number of ether oxygens (including phenoxy) is 1. The summed E-state index contributed by atoms with van der Waals surface area (Å²) in [5, 5.41) is 9.00. The average molecular weight is 285 g/mol. The second-order valence-corrected chi connectivity index (χ2v) is 3.98. The van der Waals surface area contributed by atoms with E-state index in [9.17, 15) is 18.0 Å². The number of pyridine rings is 1. The molecule has 0 amide bonds. The molecule has 2 rings (SSSR count). The molecule has 0 unspecified atom stereocenters. The minimum Gasteiger partial charge on any atom is -0.406 e. The normalized spacial score (nSPS) is 11.4. The molecule has 4 nitrogen and oxygen atoms in total. The van der Waals surface area contributed by atoms with Gasteiger partial charge >= 0.3 is 6.36 Å². The lowest BCUT2D eigenvalue weighted by Gasteiger charge is -2.09. The lowest BCUT2D eigenvalue weighted by atomic mass is 10.1. The van der Waals surface area contributed by atoms with E-state index in [4.69, 9.17) is 5.11 Å². The Labute approximate surface area is 111 Å². The summed E-state index contributed by atoms with van der Waals surface area (Å²) in [6, 6.07) is 6.39. The van der Waals surface area contributed by atoms with Crippen molar-refractivity contribution in [1.29, 1.82) is 0 Å². The molecule has 0 aliphatic carbocycles. The number of rotatable bonds is 3. The fraction of sp³-hybridized carbons (Fsp3) is 0.154. The zero-order valence-electron chi connectivity index (χ0n) is 10.1. The average Bonchev–Trinajstić information content (AvgIpc) is 2.39. The predicted octanol–water partition coefficient (Wildman–Crippen LogP) is 2.43. The van der Waals surface area contributed by atoms with Crippen molar-refractivity contribution >= 4 is 0 Å². The van der Waals surface area contributed by atoms with Crippen LogP contribution in [0.25, 0.3) is 11.1 Å². The van der Waals surface area contributed by atoms with Crippen molar-refractivity contribution in [3.8, 4) is 16.9 Å². The minimum atomic E-state index is -4.75. The van der Waals surface area contributed by atoms with Gasteiger partial charge < -0.3 is 14.8 Å². The Morgan fingerprint density at radius 3 is 2.40 bits per heavy atom. The number of alkyl halides is 3. The predicted molar refractivity (Wildman–Crippen MR) is 65.1 cm³/mol. The first kappa shape index (κ1) is 14.1. The van der Waals surface area contributed by atoms with Gasteiger partial charge in [-0.25, -0.2) is 0 Å². The van der Waals surface area contributed by atoms with Gasteiger partial charge in [0.2, 0.25) is 0 Å². The Morgan fingerprint density at radius 1 is 1.20 bits per heavy atom. The standard InChI is InChI=1S/C13H10F3NO3/c14-13(15,16)20-10-3-1-9(2-4-10)11-5-8(7-18)6-17-12(11)19/h1-6,18H,7H2,(H,17,19). The number of aliphatic hydroxyl groups excluding tert-OH is 1. The Kier molecular flexibility index (Phi) is 3.80. The second-order valence-electron chi connectivity index (χ2n) is 3.98. The van der Waals surface area contributed by atoms with Crippen molar-refractivity contribution in [3.05, 3.63) is 52.4 Å². The summed E-state index contributed by atoms with van der Waals surface area (Å²) in [6.07, 6.45) is -3.39. The van der Waals surface area contributed by atoms with Crippen molar-refractivity contribution < 1.29 is 23.0 Å². The van der Waals surface area contributed by atoms with Crippen molar-refractivity contribution in [3.63, 3.8) is 0 Å². The van der Waals surface area contributed by atoms with E-state index in [0.29, 0.717) is 11.1 Å². The largest absolute Gasteiger partial charge is 0.573 e. The highest BCUT2D eigenvalue weighted by molar-refractivity contribution is 5.63. The first-order valence-electron chi connectivity index (χ1n) is 5.58. The number of hydrogen-bond donors (Lipinski definition) is 2. The van der Waals surface area contributed by atoms with Gasteiger partial charge in [0.15, 0.2) is 0 Å². The molecule has 1 aromatic heterocycles. The highest BCUT2D eigenvalue weighted by Crippen LogP contribution is 2.25. The van der Waals surface area contributed by atoms with Crippen LogP contribution in [0, 0.1) is 0 Å². The van der Waals surface area contributed by atoms with Gasteiger partial charge in [0.1, 0.15) is 5.75 Å². The number of benzene rings is 1. The van der Waals surface area contributed by atoms with Crippen LogP contribution in [0.1, 0.15) is 5.56 Å². The number of nitrogens with one attached hydrogen (secondary N) is 1. The number of hydrogen-bond acceptors (Lipinski definition) is 3. The van der Waals surface area contributed by atoms with Crippen molar-refractivity contribution in [2.45, 2.75) is 13.0 Å². The number of aromatic nitrogens is 1. The number of halogens is 3. The molecule has 0 saturated carbocycles. The second kappa shape index (κ2) is 5.38. The van der Waals surface area contributed by atoms with Crippen LogP contribution in [0.2, 0.25) is 0 Å². The first-order valence-corrected chi connectivity index (χ1v) is 5.58. The zero-order chi connectivity index (χ0) is 14.8. The van der Waals surface area contributed by atoms with Gasteiger partial charge in [-0.2, -0.15) is 0 Å². The van der Waals surface area contributed by atoms with Crippen LogP contribution in [0.5, 0.6) is 5.75 Å². The van der Waals surface area contributed by atoms with Crippen LogP contribution >= 0.6 is 0 Å². The summed E-state index contributed by atoms with van der Waals surface area (Å²) < 4.78 is 39.8. The number of aliphatic hydroxyl groups is 1. The van der Waals surface area contributed by atoms with Gasteiger partial charge in [0.05, 0.1) is 6.61 Å². The summed E-state index contributed by atoms with van der Waals surface area (Å²) >= 11 is 0. The monoisotopic (exact) mass is 285 g/mol. The van der Waals surface area contributed by atoms with E-state index < -0.39 is 11.9 Å². The zero-order valence-corrected chi connectivity index (χ0v) is 10.1. The Hall–Kier alpha value is -2.28. The number of H-pyrrole nitrogens is 1. The van der Waals surface area contributed by atoms with Crippen LogP contribution in [0.15, 0.2) is 41.3 Å². The van der Waals surface area contributed by atoms with Crippen molar-refractivity contribution in [2.24, 2.45) is 0 Å². The molecule has 0 aliphatic rings. The van der Waals surface area contributed by atoms with Crippen molar-refractivity contribution in [1.82, 2.24) is 4.98 Å². The molecule has 20 heavy (non-hydrogen) atoms. The SMILES string of the molecule is O=c1[nH]cc(CO)cc1-c1ccc(OC(F)(F)F)cc1. The topological polar surface area (TPSA) is 62.3 Å². The molecule has 1 aromatic carbocycles. The van der Waals surface area contributed by atoms with E-state index in [0.717, 1.165) is 12.1 Å². The van der Waals surface area contributed by atoms with Crippen LogP contribution in [-0.2, 0) is 6.61 Å². The van der Waals surface area contributed by atoms with E-state index in [2.05, 4.69) is 9.72 Å². The molecule has 0 spiro atoms. The summed E-state index contributed by atoms with van der Waals surface area (Å²) in [5.41, 5.74) is 0.785. The molecular weight excluding hydrogens is 275 g/mol. The molecule has 0 fully saturated rings. The first-order chi connectivity index (χ1) is 9.39. The maximum Gasteiger partial charge on any atom is 0.573 e. The fourth-order valence-electron chi connectivity index (χ4n) is 1.67. The molecule has 7 heteroatoms. The Bertz CT molecular complexity index is 647. The quantitative estimate of drug-likeness (QED) is 0.910. The third-order valence-electron chi connectivity index (χ3n) is 2.54. The van der Waals surface area contributed by atoms with Crippen LogP contribution in [0.4, 0.5) is 13.2 Å². The molecular formula is C13H10F3NO3. The summed E-state index contributed by atoms with van der Waals surface area (Å²) in [6.45, 7) is -0.251. The Balaban J connectivity index is 2.33. The maximum absolute atomic E-state index is 12.0. The summed E-state index contributed by atoms with van der Waals surface area (Å²) in [7, 11) is 0. The van der Waals surface area contributed by atoms with E-state index >= 15 is 0 Å². The minimum absolute atomic E-state index is 0.251. The van der Waals surface area contributed by atoms with Gasteiger partial charge in [-0.05, 0) is 29.3 Å². The molecule has 0 saturated heterocycles. The molecule has 2 aromatic rings. The van der Waals surface area contributed by atoms with Crippen LogP contribution in [-0.4, -0.2) is 16.5 Å². The smallest absolute Gasteiger partial charge is 0.406 e. The fourth-order valence-corrected chi connectivity index (χ4v) is 1.67. The van der Waals surface area contributed by atoms with Gasteiger partial charge in [-0.3, -0.25) is 4.79 Å². The van der Waals surface area contributed by atoms with Gasteiger partial charge in [0, 0.05) is 11.8 Å². The molecule has 0 bridgehead atoms. The lowest BCUT2D eigenvalue weighted by Crippen LogP contribution is -2.17. The third kappa shape index (κ3) is 3.39.